The van der Waals surface area contributed by atoms with Crippen LogP contribution in [0.25, 0.3) is 10.4 Å². The van der Waals surface area contributed by atoms with E-state index in [1.165, 1.54) is 24.3 Å². The van der Waals surface area contributed by atoms with Crippen LogP contribution in [0.15, 0.2) is 93.0 Å². The van der Waals surface area contributed by atoms with E-state index in [4.69, 9.17) is 15.4 Å². The van der Waals surface area contributed by atoms with Crippen LogP contribution in [0.1, 0.15) is 22.3 Å². The van der Waals surface area contributed by atoms with Crippen LogP contribution in [0.5, 0.6) is 0 Å². The second-order valence-electron chi connectivity index (χ2n) is 8.26. The van der Waals surface area contributed by atoms with Gasteiger partial charge in [0.2, 0.25) is 10.0 Å². The van der Waals surface area contributed by atoms with E-state index in [-0.39, 0.29) is 30.0 Å². The highest BCUT2D eigenvalue weighted by atomic mass is 32.2. The highest BCUT2D eigenvalue weighted by molar-refractivity contribution is 7.89. The van der Waals surface area contributed by atoms with Gasteiger partial charge in [0, 0.05) is 31.2 Å². The van der Waals surface area contributed by atoms with Crippen LogP contribution in [0.2, 0.25) is 0 Å². The van der Waals surface area contributed by atoms with Gasteiger partial charge in [-0.3, -0.25) is 0 Å². The molecule has 0 radical (unpaired) electrons. The molecule has 0 aliphatic carbocycles. The molecule has 13 heteroatoms. The van der Waals surface area contributed by atoms with Gasteiger partial charge in [0.05, 0.1) is 28.4 Å². The Bertz CT molecular complexity index is 1400. The molecule has 12 nitrogen and oxygen atoms in total. The number of ether oxygens (including phenoxy) is 1. The summed E-state index contributed by atoms with van der Waals surface area (Å²) in [4.78, 5) is 15.7. The third-order valence-corrected chi connectivity index (χ3v) is 6.78. The number of carboxylic acid groups (broad SMARTS) is 1. The lowest BCUT2D eigenvalue weighted by Gasteiger charge is -2.14. The fourth-order valence-electron chi connectivity index (χ4n) is 3.19. The van der Waals surface area contributed by atoms with Gasteiger partial charge in [-0.15, -0.1) is 0 Å². The number of benzene rings is 3. The highest BCUT2D eigenvalue weighted by Gasteiger charge is 2.15. The van der Waals surface area contributed by atoms with Crippen molar-refractivity contribution in [2.24, 2.45) is 15.3 Å². The molecule has 2 N–H and O–H groups in total. The SMILES string of the molecule is CN(C)c1ccc(N=Nc2ccc(S(=O)(=O)NCCC(N=[N+]=[N-])OCc3ccc(C(=O)O)cc3)cc2)cc1. The normalized spacial score (nSPS) is 12.2. The Morgan fingerprint density at radius 2 is 1.58 bits per heavy atom. The first-order valence-corrected chi connectivity index (χ1v) is 12.9. The van der Waals surface area contributed by atoms with Gasteiger partial charge in [0.15, 0.2) is 0 Å². The summed E-state index contributed by atoms with van der Waals surface area (Å²) in [7, 11) is 0.0685. The quantitative estimate of drug-likeness (QED) is 0.168. The van der Waals surface area contributed by atoms with Crippen molar-refractivity contribution in [2.75, 3.05) is 25.5 Å². The molecular formula is C25H27N7O5S. The summed E-state index contributed by atoms with van der Waals surface area (Å²) >= 11 is 0. The van der Waals surface area contributed by atoms with E-state index in [0.717, 1.165) is 5.69 Å². The molecule has 0 aliphatic heterocycles. The van der Waals surface area contributed by atoms with Gasteiger partial charge in [0.25, 0.3) is 0 Å². The Labute approximate surface area is 220 Å². The zero-order valence-electron chi connectivity index (χ0n) is 20.8. The molecule has 0 heterocycles. The average Bonchev–Trinajstić information content (AvgIpc) is 2.91. The van der Waals surface area contributed by atoms with E-state index in [2.05, 4.69) is 25.0 Å². The number of aromatic carboxylic acids is 1. The monoisotopic (exact) mass is 537 g/mol. The molecule has 3 aromatic rings. The van der Waals surface area contributed by atoms with Crippen molar-refractivity contribution < 1.29 is 23.1 Å². The number of hydrogen-bond donors (Lipinski definition) is 2. The number of carbonyl (C=O) groups is 1. The lowest BCUT2D eigenvalue weighted by molar-refractivity contribution is 0.0407. The minimum Gasteiger partial charge on any atom is -0.478 e. The third-order valence-electron chi connectivity index (χ3n) is 5.30. The number of azide groups is 1. The largest absolute Gasteiger partial charge is 0.478 e. The second-order valence-corrected chi connectivity index (χ2v) is 10.0. The summed E-state index contributed by atoms with van der Waals surface area (Å²) < 4.78 is 33.3. The van der Waals surface area contributed by atoms with E-state index in [9.17, 15) is 13.2 Å². The molecule has 38 heavy (non-hydrogen) atoms. The van der Waals surface area contributed by atoms with Crippen LogP contribution in [0.4, 0.5) is 17.1 Å². The second kappa shape index (κ2) is 13.3. The maximum Gasteiger partial charge on any atom is 0.335 e. The number of carboxylic acids is 1. The minimum atomic E-state index is -3.82. The van der Waals surface area contributed by atoms with Gasteiger partial charge in [-0.05, 0) is 78.2 Å². The first kappa shape index (κ1) is 28.3. The first-order valence-electron chi connectivity index (χ1n) is 11.4. The van der Waals surface area contributed by atoms with Crippen molar-refractivity contribution >= 4 is 33.1 Å². The van der Waals surface area contributed by atoms with Crippen LogP contribution in [-0.4, -0.2) is 46.4 Å². The number of hydrogen-bond acceptors (Lipinski definition) is 8. The van der Waals surface area contributed by atoms with E-state index in [0.29, 0.717) is 16.9 Å². The summed E-state index contributed by atoms with van der Waals surface area (Å²) in [6.45, 7) is 0.0283. The molecule has 0 amide bonds. The van der Waals surface area contributed by atoms with E-state index in [1.54, 1.807) is 24.3 Å². The summed E-state index contributed by atoms with van der Waals surface area (Å²) in [6, 6.07) is 19.5. The van der Waals surface area contributed by atoms with Gasteiger partial charge < -0.3 is 14.7 Å². The molecule has 0 aliphatic rings. The van der Waals surface area contributed by atoms with Crippen LogP contribution in [0.3, 0.4) is 0 Å². The number of azo groups is 1. The van der Waals surface area contributed by atoms with E-state index < -0.39 is 22.2 Å². The number of anilines is 1. The molecule has 198 valence electrons. The topological polar surface area (TPSA) is 169 Å². The fraction of sp³-hybridized carbons (Fsp3) is 0.240. The molecular weight excluding hydrogens is 510 g/mol. The Balaban J connectivity index is 1.52. The predicted molar refractivity (Wildman–Crippen MR) is 142 cm³/mol. The molecule has 1 atom stereocenters. The molecule has 0 aromatic heterocycles. The summed E-state index contributed by atoms with van der Waals surface area (Å²) in [5.74, 6) is -1.04. The molecule has 3 rings (SSSR count). The molecule has 1 unspecified atom stereocenters. The lowest BCUT2D eigenvalue weighted by atomic mass is 10.1. The third kappa shape index (κ3) is 8.39. The highest BCUT2D eigenvalue weighted by Crippen LogP contribution is 2.22. The predicted octanol–water partition coefficient (Wildman–Crippen LogP) is 5.39. The van der Waals surface area contributed by atoms with Gasteiger partial charge in [0.1, 0.15) is 6.23 Å². The molecule has 0 saturated heterocycles. The standard InChI is InChI=1S/C25H27N7O5S/c1-32(2)22-11-7-20(8-12-22)28-29-21-9-13-23(14-10-21)38(35,36)27-16-15-24(30-31-26)37-17-18-3-5-19(6-4-18)25(33)34/h3-14,24,27H,15-17H2,1-2H3,(H,33,34). The van der Waals surface area contributed by atoms with Gasteiger partial charge in [-0.2, -0.15) is 10.2 Å². The van der Waals surface area contributed by atoms with Crippen LogP contribution in [0, 0.1) is 0 Å². The maximum absolute atomic E-state index is 12.7. The molecule has 0 spiro atoms. The fourth-order valence-corrected chi connectivity index (χ4v) is 4.24. The van der Waals surface area contributed by atoms with Gasteiger partial charge in [-0.25, -0.2) is 17.9 Å². The number of nitrogens with zero attached hydrogens (tertiary/aromatic N) is 6. The van der Waals surface area contributed by atoms with Crippen molar-refractivity contribution in [3.8, 4) is 0 Å². The lowest BCUT2D eigenvalue weighted by Crippen LogP contribution is -2.27. The summed E-state index contributed by atoms with van der Waals surface area (Å²) in [5.41, 5.74) is 11.8. The van der Waals surface area contributed by atoms with E-state index >= 15 is 0 Å². The Morgan fingerprint density at radius 3 is 2.11 bits per heavy atom. The molecule has 3 aromatic carbocycles. The molecule has 0 bridgehead atoms. The number of rotatable bonds is 13. The smallest absolute Gasteiger partial charge is 0.335 e. The first-order chi connectivity index (χ1) is 18.2. The average molecular weight is 538 g/mol. The van der Waals surface area contributed by atoms with Crippen LogP contribution in [-0.2, 0) is 21.4 Å². The minimum absolute atomic E-state index is 0.0334. The zero-order valence-corrected chi connectivity index (χ0v) is 21.6. The zero-order chi connectivity index (χ0) is 27.5. The number of sulfonamides is 1. The van der Waals surface area contributed by atoms with Crippen molar-refractivity contribution in [1.29, 1.82) is 0 Å². The molecule has 0 saturated carbocycles. The molecule has 0 fully saturated rings. The van der Waals surface area contributed by atoms with Crippen molar-refractivity contribution in [1.82, 2.24) is 4.72 Å². The Hall–Kier alpha value is -4.29. The number of nitrogens with one attached hydrogen (secondary N) is 1. The van der Waals surface area contributed by atoms with Gasteiger partial charge >= 0.3 is 5.97 Å². The maximum atomic E-state index is 12.7. The van der Waals surface area contributed by atoms with Crippen LogP contribution < -0.4 is 9.62 Å². The van der Waals surface area contributed by atoms with Crippen molar-refractivity contribution in [2.45, 2.75) is 24.2 Å². The summed E-state index contributed by atoms with van der Waals surface area (Å²) in [6.07, 6.45) is -0.827. The van der Waals surface area contributed by atoms with Crippen molar-refractivity contribution in [3.63, 3.8) is 0 Å². The Morgan fingerprint density at radius 1 is 1.00 bits per heavy atom. The van der Waals surface area contributed by atoms with Gasteiger partial charge in [-0.1, -0.05) is 17.2 Å². The summed E-state index contributed by atoms with van der Waals surface area (Å²) in [5, 5.41) is 20.8. The van der Waals surface area contributed by atoms with Crippen LogP contribution >= 0.6 is 0 Å². The van der Waals surface area contributed by atoms with E-state index in [1.807, 2.05) is 43.3 Å². The van der Waals surface area contributed by atoms with Crippen molar-refractivity contribution in [3.05, 3.63) is 94.4 Å². The Kier molecular flexibility index (Phi) is 9.91.